The molecule has 0 radical (unpaired) electrons. The molecule has 2 fully saturated rings. The second kappa shape index (κ2) is 14.4. The van der Waals surface area contributed by atoms with Gasteiger partial charge in [-0.25, -0.2) is 0 Å². The number of nitrogens with one attached hydrogen (secondary N) is 2. The Balaban J connectivity index is 0.00000420. The summed E-state index contributed by atoms with van der Waals surface area (Å²) in [4.78, 5) is 22.8. The van der Waals surface area contributed by atoms with E-state index in [0.29, 0.717) is 12.0 Å². The molecule has 2 heterocycles. The van der Waals surface area contributed by atoms with E-state index in [-0.39, 0.29) is 29.9 Å². The van der Waals surface area contributed by atoms with Crippen molar-refractivity contribution in [2.45, 2.75) is 52.5 Å². The summed E-state index contributed by atoms with van der Waals surface area (Å²) in [6.07, 6.45) is 5.40. The average Bonchev–Trinajstić information content (AvgIpc) is 2.96. The number of hydrogen-bond acceptors (Lipinski definition) is 4. The van der Waals surface area contributed by atoms with Gasteiger partial charge in [-0.2, -0.15) is 0 Å². The van der Waals surface area contributed by atoms with Gasteiger partial charge in [0.25, 0.3) is 0 Å². The number of guanidine groups is 1. The Labute approximate surface area is 195 Å². The van der Waals surface area contributed by atoms with E-state index < -0.39 is 0 Å². The van der Waals surface area contributed by atoms with Gasteiger partial charge >= 0.3 is 0 Å². The fourth-order valence-corrected chi connectivity index (χ4v) is 4.25. The van der Waals surface area contributed by atoms with Crippen molar-refractivity contribution in [1.82, 2.24) is 25.3 Å². The summed E-state index contributed by atoms with van der Waals surface area (Å²) < 4.78 is 0. The number of piperazine rings is 1. The number of amides is 1. The highest BCUT2D eigenvalue weighted by molar-refractivity contribution is 14.0. The van der Waals surface area contributed by atoms with Crippen molar-refractivity contribution in [1.29, 1.82) is 0 Å². The van der Waals surface area contributed by atoms with E-state index in [1.54, 1.807) is 6.92 Å². The molecule has 2 rings (SSSR count). The maximum Gasteiger partial charge on any atom is 0.219 e. The minimum atomic E-state index is 0. The van der Waals surface area contributed by atoms with E-state index in [2.05, 4.69) is 39.3 Å². The fourth-order valence-electron chi connectivity index (χ4n) is 4.25. The van der Waals surface area contributed by atoms with Crippen LogP contribution in [0.25, 0.3) is 0 Å². The van der Waals surface area contributed by atoms with E-state index in [4.69, 9.17) is 0 Å². The molecule has 0 aliphatic carbocycles. The molecule has 0 aromatic heterocycles. The second-order valence-electron chi connectivity index (χ2n) is 8.49. The topological polar surface area (TPSA) is 63.2 Å². The van der Waals surface area contributed by atoms with Crippen LogP contribution in [0.5, 0.6) is 0 Å². The highest BCUT2D eigenvalue weighted by Gasteiger charge is 2.23. The van der Waals surface area contributed by atoms with Crippen LogP contribution in [0.2, 0.25) is 0 Å². The van der Waals surface area contributed by atoms with Gasteiger partial charge in [0.2, 0.25) is 5.91 Å². The van der Waals surface area contributed by atoms with Crippen molar-refractivity contribution in [3.63, 3.8) is 0 Å². The van der Waals surface area contributed by atoms with Crippen molar-refractivity contribution in [3.05, 3.63) is 0 Å². The number of halogens is 1. The van der Waals surface area contributed by atoms with Gasteiger partial charge < -0.3 is 15.5 Å². The van der Waals surface area contributed by atoms with E-state index in [0.717, 1.165) is 51.8 Å². The summed E-state index contributed by atoms with van der Waals surface area (Å²) in [5.74, 6) is 1.70. The summed E-state index contributed by atoms with van der Waals surface area (Å²) in [7, 11) is 1.84. The molecule has 170 valence electrons. The largest absolute Gasteiger partial charge is 0.355 e. The summed E-state index contributed by atoms with van der Waals surface area (Å²) >= 11 is 0. The van der Waals surface area contributed by atoms with Gasteiger partial charge in [0, 0.05) is 65.8 Å². The van der Waals surface area contributed by atoms with Crippen molar-refractivity contribution in [3.8, 4) is 0 Å². The smallest absolute Gasteiger partial charge is 0.219 e. The van der Waals surface area contributed by atoms with E-state index in [1.807, 2.05) is 11.9 Å². The van der Waals surface area contributed by atoms with Gasteiger partial charge in [-0.15, -0.1) is 24.0 Å². The zero-order valence-corrected chi connectivity index (χ0v) is 21.3. The van der Waals surface area contributed by atoms with Crippen LogP contribution >= 0.6 is 24.0 Å². The van der Waals surface area contributed by atoms with Gasteiger partial charge in [0.15, 0.2) is 5.96 Å². The molecule has 8 heteroatoms. The fraction of sp³-hybridized carbons (Fsp3) is 0.905. The highest BCUT2D eigenvalue weighted by atomic mass is 127. The molecular formula is C21H43IN6O. The molecule has 0 spiro atoms. The van der Waals surface area contributed by atoms with Crippen LogP contribution in [0.3, 0.4) is 0 Å². The SMILES string of the molecule is CN=C(NCCN1CCN(C(C)=O)CC1)NCC(C(C)C)N1CCCCCC1.I. The lowest BCUT2D eigenvalue weighted by Crippen LogP contribution is -2.52. The van der Waals surface area contributed by atoms with Gasteiger partial charge in [-0.05, 0) is 31.8 Å². The van der Waals surface area contributed by atoms with Crippen LogP contribution in [0.1, 0.15) is 46.5 Å². The minimum absolute atomic E-state index is 0. The first-order chi connectivity index (χ1) is 13.5. The van der Waals surface area contributed by atoms with Gasteiger partial charge in [0.1, 0.15) is 0 Å². The molecule has 1 unspecified atom stereocenters. The molecule has 1 atom stereocenters. The standard InChI is InChI=1S/C21H42N6O.HI/c1-18(2)20(27-10-7-5-6-8-11-27)17-24-21(22-4)23-9-12-25-13-15-26(16-14-25)19(3)28;/h18,20H,5-17H2,1-4H3,(H2,22,23,24);1H. The molecule has 2 aliphatic heterocycles. The molecular weight excluding hydrogens is 479 g/mol. The van der Waals surface area contributed by atoms with Crippen LogP contribution in [0.4, 0.5) is 0 Å². The maximum atomic E-state index is 11.4. The Morgan fingerprint density at radius 2 is 1.59 bits per heavy atom. The quantitative estimate of drug-likeness (QED) is 0.304. The molecule has 2 saturated heterocycles. The number of aliphatic imine (C=N–C) groups is 1. The lowest BCUT2D eigenvalue weighted by atomic mass is 10.0. The van der Waals surface area contributed by atoms with Crippen LogP contribution < -0.4 is 10.6 Å². The first-order valence-corrected chi connectivity index (χ1v) is 11.2. The van der Waals surface area contributed by atoms with E-state index >= 15 is 0 Å². The van der Waals surface area contributed by atoms with Crippen LogP contribution in [-0.2, 0) is 4.79 Å². The third-order valence-corrected chi connectivity index (χ3v) is 6.12. The summed E-state index contributed by atoms with van der Waals surface area (Å²) in [6, 6.07) is 0.552. The number of carbonyl (C=O) groups excluding carboxylic acids is 1. The second-order valence-corrected chi connectivity index (χ2v) is 8.49. The van der Waals surface area contributed by atoms with E-state index in [1.165, 1.54) is 38.8 Å². The van der Waals surface area contributed by atoms with Crippen molar-refractivity contribution >= 4 is 35.8 Å². The van der Waals surface area contributed by atoms with Gasteiger partial charge in [-0.1, -0.05) is 26.7 Å². The minimum Gasteiger partial charge on any atom is -0.355 e. The molecule has 0 bridgehead atoms. The third-order valence-electron chi connectivity index (χ3n) is 6.12. The summed E-state index contributed by atoms with van der Waals surface area (Å²) in [6.45, 7) is 15.1. The Morgan fingerprint density at radius 3 is 2.10 bits per heavy atom. The Kier molecular flexibility index (Phi) is 13.1. The van der Waals surface area contributed by atoms with Crippen molar-refractivity contribution < 1.29 is 4.79 Å². The first-order valence-electron chi connectivity index (χ1n) is 11.2. The third kappa shape index (κ3) is 9.38. The summed E-state index contributed by atoms with van der Waals surface area (Å²) in [5.41, 5.74) is 0. The van der Waals surface area contributed by atoms with Crippen molar-refractivity contribution in [2.24, 2.45) is 10.9 Å². The number of rotatable bonds is 7. The normalized spacial score (nSPS) is 20.7. The van der Waals surface area contributed by atoms with Crippen LogP contribution in [-0.4, -0.2) is 98.6 Å². The number of hydrogen-bond donors (Lipinski definition) is 2. The molecule has 0 aromatic rings. The monoisotopic (exact) mass is 522 g/mol. The predicted octanol–water partition coefficient (Wildman–Crippen LogP) is 1.83. The van der Waals surface area contributed by atoms with Crippen LogP contribution in [0, 0.1) is 5.92 Å². The molecule has 0 aromatic carbocycles. The maximum absolute atomic E-state index is 11.4. The summed E-state index contributed by atoms with van der Waals surface area (Å²) in [5, 5.41) is 7.01. The average molecular weight is 523 g/mol. The molecule has 1 amide bonds. The van der Waals surface area contributed by atoms with E-state index in [9.17, 15) is 4.79 Å². The lowest BCUT2D eigenvalue weighted by molar-refractivity contribution is -0.130. The Hall–Kier alpha value is -0.610. The van der Waals surface area contributed by atoms with Crippen LogP contribution in [0.15, 0.2) is 4.99 Å². The zero-order valence-electron chi connectivity index (χ0n) is 19.0. The Bertz CT molecular complexity index is 486. The zero-order chi connectivity index (χ0) is 20.4. The molecule has 2 aliphatic rings. The number of likely N-dealkylation sites (tertiary alicyclic amines) is 1. The molecule has 29 heavy (non-hydrogen) atoms. The first kappa shape index (κ1) is 26.4. The highest BCUT2D eigenvalue weighted by Crippen LogP contribution is 2.17. The molecule has 0 saturated carbocycles. The molecule has 2 N–H and O–H groups in total. The van der Waals surface area contributed by atoms with Gasteiger partial charge in [-0.3, -0.25) is 19.6 Å². The lowest BCUT2D eigenvalue weighted by Gasteiger charge is -2.35. The number of carbonyl (C=O) groups is 1. The molecule has 7 nitrogen and oxygen atoms in total. The van der Waals surface area contributed by atoms with Crippen molar-refractivity contribution in [2.75, 3.05) is 66.0 Å². The predicted molar refractivity (Wildman–Crippen MR) is 132 cm³/mol. The number of nitrogens with zero attached hydrogens (tertiary/aromatic N) is 4. The van der Waals surface area contributed by atoms with Gasteiger partial charge in [0.05, 0.1) is 0 Å². The Morgan fingerprint density at radius 1 is 0.966 bits per heavy atom.